The predicted octanol–water partition coefficient (Wildman–Crippen LogP) is 9.17. The predicted molar refractivity (Wildman–Crippen MR) is 154 cm³/mol. The van der Waals surface area contributed by atoms with Crippen molar-refractivity contribution in [3.63, 3.8) is 0 Å². The van der Waals surface area contributed by atoms with Crippen LogP contribution < -0.4 is 4.74 Å². The van der Waals surface area contributed by atoms with Gasteiger partial charge in [0.05, 0.1) is 13.0 Å². The van der Waals surface area contributed by atoms with E-state index in [0.29, 0.717) is 53.4 Å². The number of unbranched alkanes of at least 4 members (excludes halogenated alkanes) is 4. The Bertz CT molecular complexity index is 1410. The molecule has 0 saturated heterocycles. The number of hydrogen-bond acceptors (Lipinski definition) is 3. The number of pyridine rings is 1. The Morgan fingerprint density at radius 3 is 2.35 bits per heavy atom. The second kappa shape index (κ2) is 14.0. The van der Waals surface area contributed by atoms with Gasteiger partial charge in [0.2, 0.25) is 5.88 Å². The fourth-order valence-electron chi connectivity index (χ4n) is 4.82. The Balaban J connectivity index is 1.54. The SMILES string of the molecule is CCC(=O)CCCCCCCOc1ccc(/C(=C(/CC(F)(F)F)c2ccccc2)c2ccc3[nH]ccc3c2)cn1. The number of aromatic amines is 1. The highest BCUT2D eigenvalue weighted by Gasteiger charge is 2.31. The van der Waals surface area contributed by atoms with Gasteiger partial charge in [-0.15, -0.1) is 0 Å². The van der Waals surface area contributed by atoms with Gasteiger partial charge in [-0.25, -0.2) is 4.98 Å². The van der Waals surface area contributed by atoms with Crippen LogP contribution in [0.4, 0.5) is 13.2 Å². The van der Waals surface area contributed by atoms with E-state index in [0.717, 1.165) is 43.0 Å². The standard InChI is InChI=1S/C33H35F3N2O2/c1-2-28(39)13-9-4-3-5-10-20-40-31-17-15-27(23-38-31)32(26-14-16-30-25(21-26)18-19-37-30)29(22-33(34,35)36)24-11-7-6-8-12-24/h6-8,11-12,14-19,21,23,37H,2-5,9-10,13,20,22H2,1H3/b32-29-. The second-order valence-electron chi connectivity index (χ2n) is 9.93. The number of fused-ring (bicyclic) bond motifs is 1. The first kappa shape index (κ1) is 29.1. The molecule has 2 aromatic heterocycles. The van der Waals surface area contributed by atoms with Crippen LogP contribution in [-0.4, -0.2) is 28.5 Å². The minimum atomic E-state index is -4.39. The highest BCUT2D eigenvalue weighted by Crippen LogP contribution is 2.40. The van der Waals surface area contributed by atoms with Crippen LogP contribution in [-0.2, 0) is 4.79 Å². The number of Topliss-reactive ketones (excluding diaryl/α,β-unsaturated/α-hetero) is 1. The molecule has 0 aliphatic carbocycles. The number of halogens is 3. The summed E-state index contributed by atoms with van der Waals surface area (Å²) in [6.45, 7) is 2.40. The fraction of sp³-hybridized carbons (Fsp3) is 0.333. The fourth-order valence-corrected chi connectivity index (χ4v) is 4.82. The van der Waals surface area contributed by atoms with E-state index in [1.54, 1.807) is 48.7 Å². The molecule has 0 bridgehead atoms. The lowest BCUT2D eigenvalue weighted by atomic mass is 9.88. The zero-order valence-corrected chi connectivity index (χ0v) is 22.8. The molecule has 0 spiro atoms. The van der Waals surface area contributed by atoms with E-state index in [-0.39, 0.29) is 5.57 Å². The number of allylic oxidation sites excluding steroid dienone is 1. The van der Waals surface area contributed by atoms with Crippen molar-refractivity contribution in [3.8, 4) is 5.88 Å². The van der Waals surface area contributed by atoms with Crippen LogP contribution in [0.1, 0.15) is 75.0 Å². The van der Waals surface area contributed by atoms with Gasteiger partial charge in [0.1, 0.15) is 5.78 Å². The molecule has 1 N–H and O–H groups in total. The summed E-state index contributed by atoms with van der Waals surface area (Å²) < 4.78 is 47.5. The molecule has 4 aromatic rings. The maximum atomic E-state index is 13.9. The monoisotopic (exact) mass is 548 g/mol. The van der Waals surface area contributed by atoms with Gasteiger partial charge in [0.15, 0.2) is 0 Å². The Morgan fingerprint density at radius 1 is 0.875 bits per heavy atom. The van der Waals surface area contributed by atoms with Crippen LogP contribution in [0.5, 0.6) is 5.88 Å². The normalized spacial score (nSPS) is 12.4. The number of nitrogens with zero attached hydrogens (tertiary/aromatic N) is 1. The van der Waals surface area contributed by atoms with Gasteiger partial charge in [-0.1, -0.05) is 62.6 Å². The van der Waals surface area contributed by atoms with Gasteiger partial charge in [-0.2, -0.15) is 13.2 Å². The number of aromatic nitrogens is 2. The van der Waals surface area contributed by atoms with Gasteiger partial charge >= 0.3 is 6.18 Å². The first-order chi connectivity index (χ1) is 19.3. The summed E-state index contributed by atoms with van der Waals surface area (Å²) in [6, 6.07) is 19.7. The highest BCUT2D eigenvalue weighted by molar-refractivity contribution is 6.00. The van der Waals surface area contributed by atoms with Gasteiger partial charge in [0, 0.05) is 42.4 Å². The van der Waals surface area contributed by atoms with E-state index < -0.39 is 12.6 Å². The molecule has 40 heavy (non-hydrogen) atoms. The molecule has 4 nitrogen and oxygen atoms in total. The quantitative estimate of drug-likeness (QED) is 0.126. The van der Waals surface area contributed by atoms with E-state index in [9.17, 15) is 18.0 Å². The van der Waals surface area contributed by atoms with Crippen LogP contribution in [0.25, 0.3) is 22.0 Å². The van der Waals surface area contributed by atoms with E-state index in [1.165, 1.54) is 0 Å². The highest BCUT2D eigenvalue weighted by atomic mass is 19.4. The molecule has 2 aromatic carbocycles. The van der Waals surface area contributed by atoms with Crippen molar-refractivity contribution in [2.75, 3.05) is 6.61 Å². The Morgan fingerprint density at radius 2 is 1.62 bits per heavy atom. The van der Waals surface area contributed by atoms with Crippen LogP contribution in [0.2, 0.25) is 0 Å². The molecule has 0 aliphatic rings. The number of benzene rings is 2. The minimum Gasteiger partial charge on any atom is -0.478 e. The van der Waals surface area contributed by atoms with E-state index in [4.69, 9.17) is 4.74 Å². The summed E-state index contributed by atoms with van der Waals surface area (Å²) in [6.07, 6.45) is 4.10. The molecule has 0 radical (unpaired) electrons. The van der Waals surface area contributed by atoms with E-state index >= 15 is 0 Å². The molecular formula is C33H35F3N2O2. The summed E-state index contributed by atoms with van der Waals surface area (Å²) in [7, 11) is 0. The summed E-state index contributed by atoms with van der Waals surface area (Å²) in [5.41, 5.74) is 3.39. The van der Waals surface area contributed by atoms with E-state index in [2.05, 4.69) is 9.97 Å². The van der Waals surface area contributed by atoms with Crippen molar-refractivity contribution in [2.24, 2.45) is 0 Å². The molecule has 0 amide bonds. The van der Waals surface area contributed by atoms with Gasteiger partial charge < -0.3 is 9.72 Å². The Labute approximate surface area is 233 Å². The summed E-state index contributed by atoms with van der Waals surface area (Å²) in [5, 5.41) is 0.916. The number of nitrogens with one attached hydrogen (secondary N) is 1. The molecule has 7 heteroatoms. The average molecular weight is 549 g/mol. The first-order valence-electron chi connectivity index (χ1n) is 13.9. The molecule has 4 rings (SSSR count). The van der Waals surface area contributed by atoms with Crippen molar-refractivity contribution in [1.29, 1.82) is 0 Å². The van der Waals surface area contributed by atoms with Gasteiger partial charge in [-0.3, -0.25) is 4.79 Å². The number of hydrogen-bond donors (Lipinski definition) is 1. The summed E-state index contributed by atoms with van der Waals surface area (Å²) in [4.78, 5) is 19.0. The lowest BCUT2D eigenvalue weighted by molar-refractivity contribution is -0.123. The first-order valence-corrected chi connectivity index (χ1v) is 13.9. The lowest BCUT2D eigenvalue weighted by Gasteiger charge is -2.19. The molecule has 210 valence electrons. The topological polar surface area (TPSA) is 55.0 Å². The second-order valence-corrected chi connectivity index (χ2v) is 9.93. The lowest BCUT2D eigenvalue weighted by Crippen LogP contribution is -2.10. The third-order valence-electron chi connectivity index (χ3n) is 6.91. The molecule has 0 aliphatic heterocycles. The van der Waals surface area contributed by atoms with Crippen LogP contribution in [0, 0.1) is 0 Å². The van der Waals surface area contributed by atoms with Gasteiger partial charge in [-0.05, 0) is 64.8 Å². The number of carbonyl (C=O) groups is 1. The molecule has 0 atom stereocenters. The number of carbonyl (C=O) groups excluding carboxylic acids is 1. The number of ketones is 1. The van der Waals surface area contributed by atoms with E-state index in [1.807, 2.05) is 37.4 Å². The number of alkyl halides is 3. The molecule has 0 saturated carbocycles. The number of rotatable bonds is 14. The van der Waals surface area contributed by atoms with Crippen LogP contribution >= 0.6 is 0 Å². The Hall–Kier alpha value is -3.87. The minimum absolute atomic E-state index is 0.194. The van der Waals surface area contributed by atoms with Crippen molar-refractivity contribution in [2.45, 2.75) is 64.5 Å². The number of ether oxygens (including phenoxy) is 1. The summed E-state index contributed by atoms with van der Waals surface area (Å²) in [5.74, 6) is 0.755. The maximum Gasteiger partial charge on any atom is 0.393 e. The average Bonchev–Trinajstić information content (AvgIpc) is 3.43. The van der Waals surface area contributed by atoms with Crippen molar-refractivity contribution in [1.82, 2.24) is 9.97 Å². The molecule has 0 unspecified atom stereocenters. The smallest absolute Gasteiger partial charge is 0.393 e. The van der Waals surface area contributed by atoms with Crippen LogP contribution in [0.3, 0.4) is 0 Å². The summed E-state index contributed by atoms with van der Waals surface area (Å²) >= 11 is 0. The molecule has 2 heterocycles. The largest absolute Gasteiger partial charge is 0.478 e. The van der Waals surface area contributed by atoms with Crippen molar-refractivity contribution in [3.05, 3.63) is 95.8 Å². The maximum absolute atomic E-state index is 13.9. The third kappa shape index (κ3) is 8.31. The molecule has 0 fully saturated rings. The number of H-pyrrole nitrogens is 1. The van der Waals surface area contributed by atoms with Crippen LogP contribution in [0.15, 0.2) is 79.1 Å². The zero-order valence-electron chi connectivity index (χ0n) is 22.8. The Kier molecular flexibility index (Phi) is 10.2. The van der Waals surface area contributed by atoms with Gasteiger partial charge in [0.25, 0.3) is 0 Å². The van der Waals surface area contributed by atoms with Crippen molar-refractivity contribution >= 4 is 27.8 Å². The zero-order chi connectivity index (χ0) is 28.4. The third-order valence-corrected chi connectivity index (χ3v) is 6.91. The molecular weight excluding hydrogens is 513 g/mol. The van der Waals surface area contributed by atoms with Crippen molar-refractivity contribution < 1.29 is 22.7 Å².